The van der Waals surface area contributed by atoms with Crippen LogP contribution in [0.5, 0.6) is 0 Å². The third kappa shape index (κ3) is 2.36. The second kappa shape index (κ2) is 4.58. The van der Waals surface area contributed by atoms with E-state index in [1.807, 2.05) is 12.1 Å². The van der Waals surface area contributed by atoms with Crippen LogP contribution >= 0.6 is 0 Å². The Balaban J connectivity index is 2.42. The Bertz CT molecular complexity index is 494. The highest BCUT2D eigenvalue weighted by atomic mass is 19.1. The lowest BCUT2D eigenvalue weighted by Crippen LogP contribution is -2.22. The van der Waals surface area contributed by atoms with Crippen LogP contribution < -0.4 is 5.32 Å². The van der Waals surface area contributed by atoms with Crippen LogP contribution in [0, 0.1) is 5.82 Å². The van der Waals surface area contributed by atoms with Gasteiger partial charge in [-0.1, -0.05) is 19.9 Å². The zero-order chi connectivity index (χ0) is 11.5. The quantitative estimate of drug-likeness (QED) is 0.856. The molecule has 0 atom stereocenters. The van der Waals surface area contributed by atoms with Gasteiger partial charge in [-0.3, -0.25) is 4.98 Å². The van der Waals surface area contributed by atoms with Crippen molar-refractivity contribution < 1.29 is 4.39 Å². The number of aromatic nitrogens is 1. The molecule has 84 valence electrons. The van der Waals surface area contributed by atoms with E-state index in [1.165, 1.54) is 6.07 Å². The molecule has 2 rings (SSSR count). The Kier molecular flexibility index (Phi) is 3.15. The number of halogens is 1. The molecule has 0 spiro atoms. The molecule has 1 N–H and O–H groups in total. The lowest BCUT2D eigenvalue weighted by atomic mass is 10.1. The van der Waals surface area contributed by atoms with Gasteiger partial charge in [-0.15, -0.1) is 0 Å². The van der Waals surface area contributed by atoms with E-state index < -0.39 is 0 Å². The van der Waals surface area contributed by atoms with Gasteiger partial charge >= 0.3 is 0 Å². The molecular weight excluding hydrogens is 203 g/mol. The van der Waals surface area contributed by atoms with E-state index >= 15 is 0 Å². The molecule has 0 aliphatic rings. The van der Waals surface area contributed by atoms with Gasteiger partial charge in [0.05, 0.1) is 5.52 Å². The van der Waals surface area contributed by atoms with Crippen molar-refractivity contribution in [3.63, 3.8) is 0 Å². The number of nitrogens with zero attached hydrogens (tertiary/aromatic N) is 1. The highest BCUT2D eigenvalue weighted by molar-refractivity contribution is 5.81. The first kappa shape index (κ1) is 11.0. The summed E-state index contributed by atoms with van der Waals surface area (Å²) in [6.45, 7) is 4.77. The summed E-state index contributed by atoms with van der Waals surface area (Å²) in [7, 11) is 0. The van der Waals surface area contributed by atoms with E-state index in [2.05, 4.69) is 24.1 Å². The fourth-order valence-electron chi connectivity index (χ4n) is 1.68. The maximum atomic E-state index is 13.4. The van der Waals surface area contributed by atoms with Gasteiger partial charge in [0, 0.05) is 24.2 Å². The second-order valence-corrected chi connectivity index (χ2v) is 4.18. The van der Waals surface area contributed by atoms with Gasteiger partial charge < -0.3 is 5.32 Å². The number of hydrogen-bond donors (Lipinski definition) is 1. The molecule has 0 aliphatic carbocycles. The largest absolute Gasteiger partial charge is 0.310 e. The summed E-state index contributed by atoms with van der Waals surface area (Å²) in [6, 6.07) is 7.14. The van der Waals surface area contributed by atoms with E-state index in [4.69, 9.17) is 0 Å². The Hall–Kier alpha value is -1.48. The van der Waals surface area contributed by atoms with E-state index in [-0.39, 0.29) is 5.82 Å². The summed E-state index contributed by atoms with van der Waals surface area (Å²) in [6.07, 6.45) is 1.74. The predicted octanol–water partition coefficient (Wildman–Crippen LogP) is 2.87. The molecule has 2 aromatic rings. The van der Waals surface area contributed by atoms with Gasteiger partial charge in [0.15, 0.2) is 0 Å². The molecule has 0 saturated heterocycles. The lowest BCUT2D eigenvalue weighted by Gasteiger charge is -2.10. The molecule has 2 nitrogen and oxygen atoms in total. The fourth-order valence-corrected chi connectivity index (χ4v) is 1.68. The summed E-state index contributed by atoms with van der Waals surface area (Å²) >= 11 is 0. The second-order valence-electron chi connectivity index (χ2n) is 4.18. The molecular formula is C13H15FN2. The van der Waals surface area contributed by atoms with Crippen molar-refractivity contribution in [2.45, 2.75) is 26.4 Å². The molecule has 1 heterocycles. The monoisotopic (exact) mass is 218 g/mol. The minimum Gasteiger partial charge on any atom is -0.310 e. The SMILES string of the molecule is CC(C)NCc1cc(F)cc2cccnc12. The summed E-state index contributed by atoms with van der Waals surface area (Å²) < 4.78 is 13.4. The Morgan fingerprint density at radius 3 is 2.94 bits per heavy atom. The van der Waals surface area contributed by atoms with Crippen molar-refractivity contribution in [2.75, 3.05) is 0 Å². The Labute approximate surface area is 94.5 Å². The first-order valence-electron chi connectivity index (χ1n) is 5.43. The highest BCUT2D eigenvalue weighted by Crippen LogP contribution is 2.18. The lowest BCUT2D eigenvalue weighted by molar-refractivity contribution is 0.583. The van der Waals surface area contributed by atoms with Crippen LogP contribution in [0.15, 0.2) is 30.5 Å². The summed E-state index contributed by atoms with van der Waals surface area (Å²) in [5, 5.41) is 4.12. The van der Waals surface area contributed by atoms with Crippen molar-refractivity contribution in [3.8, 4) is 0 Å². The molecule has 0 unspecified atom stereocenters. The van der Waals surface area contributed by atoms with Crippen LogP contribution in [0.2, 0.25) is 0 Å². The number of nitrogens with one attached hydrogen (secondary N) is 1. The molecule has 0 aliphatic heterocycles. The summed E-state index contributed by atoms with van der Waals surface area (Å²) in [4.78, 5) is 4.29. The van der Waals surface area contributed by atoms with Crippen LogP contribution in [0.1, 0.15) is 19.4 Å². The molecule has 3 heteroatoms. The normalized spacial score (nSPS) is 11.2. The van der Waals surface area contributed by atoms with E-state index in [9.17, 15) is 4.39 Å². The molecule has 0 amide bonds. The van der Waals surface area contributed by atoms with Crippen molar-refractivity contribution in [1.29, 1.82) is 0 Å². The zero-order valence-corrected chi connectivity index (χ0v) is 9.50. The minimum atomic E-state index is -0.207. The van der Waals surface area contributed by atoms with Gasteiger partial charge in [-0.05, 0) is 23.8 Å². The van der Waals surface area contributed by atoms with Gasteiger partial charge in [0.25, 0.3) is 0 Å². The minimum absolute atomic E-state index is 0.207. The fraction of sp³-hybridized carbons (Fsp3) is 0.308. The van der Waals surface area contributed by atoms with Crippen LogP contribution in [-0.4, -0.2) is 11.0 Å². The number of hydrogen-bond acceptors (Lipinski definition) is 2. The molecule has 1 aromatic heterocycles. The predicted molar refractivity (Wildman–Crippen MR) is 63.7 cm³/mol. The van der Waals surface area contributed by atoms with Gasteiger partial charge in [0.1, 0.15) is 5.82 Å². The highest BCUT2D eigenvalue weighted by Gasteiger charge is 2.05. The maximum absolute atomic E-state index is 13.4. The van der Waals surface area contributed by atoms with Gasteiger partial charge in [-0.2, -0.15) is 0 Å². The Morgan fingerprint density at radius 1 is 1.38 bits per heavy atom. The third-order valence-electron chi connectivity index (χ3n) is 2.45. The van der Waals surface area contributed by atoms with Crippen molar-refractivity contribution in [2.24, 2.45) is 0 Å². The van der Waals surface area contributed by atoms with Crippen molar-refractivity contribution >= 4 is 10.9 Å². The van der Waals surface area contributed by atoms with E-state index in [0.29, 0.717) is 12.6 Å². The summed E-state index contributed by atoms with van der Waals surface area (Å²) in [5.74, 6) is -0.207. The van der Waals surface area contributed by atoms with Crippen LogP contribution in [0.25, 0.3) is 10.9 Å². The van der Waals surface area contributed by atoms with Crippen LogP contribution in [0.4, 0.5) is 4.39 Å². The smallest absolute Gasteiger partial charge is 0.124 e. The number of fused-ring (bicyclic) bond motifs is 1. The summed E-state index contributed by atoms with van der Waals surface area (Å²) in [5.41, 5.74) is 1.78. The van der Waals surface area contributed by atoms with Crippen LogP contribution in [-0.2, 0) is 6.54 Å². The van der Waals surface area contributed by atoms with E-state index in [0.717, 1.165) is 16.5 Å². The number of rotatable bonds is 3. The van der Waals surface area contributed by atoms with Crippen LogP contribution in [0.3, 0.4) is 0 Å². The number of pyridine rings is 1. The average Bonchev–Trinajstić information content (AvgIpc) is 2.25. The third-order valence-corrected chi connectivity index (χ3v) is 2.45. The first-order chi connectivity index (χ1) is 7.66. The van der Waals surface area contributed by atoms with E-state index in [1.54, 1.807) is 12.3 Å². The average molecular weight is 218 g/mol. The topological polar surface area (TPSA) is 24.9 Å². The van der Waals surface area contributed by atoms with Crippen molar-refractivity contribution in [3.05, 3.63) is 41.8 Å². The molecule has 0 fully saturated rings. The molecule has 0 radical (unpaired) electrons. The molecule has 1 aromatic carbocycles. The van der Waals surface area contributed by atoms with Crippen molar-refractivity contribution in [1.82, 2.24) is 10.3 Å². The molecule has 16 heavy (non-hydrogen) atoms. The molecule has 0 bridgehead atoms. The maximum Gasteiger partial charge on any atom is 0.124 e. The molecule has 0 saturated carbocycles. The standard InChI is InChI=1S/C13H15FN2/c1-9(2)16-8-11-7-12(14)6-10-4-3-5-15-13(10)11/h3-7,9,16H,8H2,1-2H3. The Morgan fingerprint density at radius 2 is 2.19 bits per heavy atom. The number of benzene rings is 1. The first-order valence-corrected chi connectivity index (χ1v) is 5.43. The zero-order valence-electron chi connectivity index (χ0n) is 9.50. The van der Waals surface area contributed by atoms with Gasteiger partial charge in [0.2, 0.25) is 0 Å². The van der Waals surface area contributed by atoms with Gasteiger partial charge in [-0.25, -0.2) is 4.39 Å².